The molecule has 3 rings (SSSR count). The monoisotopic (exact) mass is 381 g/mol. The number of benzene rings is 1. The lowest BCUT2D eigenvalue weighted by atomic mass is 9.93. The van der Waals surface area contributed by atoms with Crippen LogP contribution in [0.15, 0.2) is 35.7 Å². The third kappa shape index (κ3) is 6.59. The number of aromatic nitrogens is 1. The molecule has 0 spiro atoms. The number of thiazole rings is 1. The van der Waals surface area contributed by atoms with Gasteiger partial charge in [0.2, 0.25) is 0 Å². The van der Waals surface area contributed by atoms with Gasteiger partial charge in [0, 0.05) is 11.9 Å². The van der Waals surface area contributed by atoms with Crippen molar-refractivity contribution in [3.8, 4) is 5.75 Å². The number of nitrogens with one attached hydrogen (secondary N) is 1. The Balaban J connectivity index is 0.00000225. The van der Waals surface area contributed by atoms with Gasteiger partial charge in [0.05, 0.1) is 5.69 Å². The molecule has 1 aliphatic heterocycles. The summed E-state index contributed by atoms with van der Waals surface area (Å²) in [5.74, 6) is 1.79. The number of nitrogens with zero attached hydrogens (tertiary/aromatic N) is 2. The van der Waals surface area contributed by atoms with Crippen LogP contribution in [-0.4, -0.2) is 36.6 Å². The minimum absolute atomic E-state index is 0. The Morgan fingerprint density at radius 1 is 1.24 bits per heavy atom. The zero-order valence-electron chi connectivity index (χ0n) is 14.8. The largest absolute Gasteiger partial charge is 0.486 e. The molecular formula is C19H28ClN3OS. The maximum Gasteiger partial charge on any atom is 0.140 e. The van der Waals surface area contributed by atoms with Gasteiger partial charge >= 0.3 is 0 Å². The van der Waals surface area contributed by atoms with Crippen molar-refractivity contribution in [1.82, 2.24) is 15.2 Å². The van der Waals surface area contributed by atoms with Gasteiger partial charge in [0.1, 0.15) is 17.4 Å². The SMILES string of the molecule is CNCCC1CCN(Cc2csc(COc3ccccc3)n2)CC1.Cl. The van der Waals surface area contributed by atoms with Crippen molar-refractivity contribution in [2.45, 2.75) is 32.4 Å². The second-order valence-electron chi connectivity index (χ2n) is 6.45. The number of ether oxygens (including phenoxy) is 1. The van der Waals surface area contributed by atoms with Gasteiger partial charge < -0.3 is 10.1 Å². The molecule has 0 radical (unpaired) electrons. The number of hydrogen-bond donors (Lipinski definition) is 1. The predicted molar refractivity (Wildman–Crippen MR) is 107 cm³/mol. The zero-order valence-corrected chi connectivity index (χ0v) is 16.5. The van der Waals surface area contributed by atoms with Crippen LogP contribution >= 0.6 is 23.7 Å². The zero-order chi connectivity index (χ0) is 16.6. The normalized spacial score (nSPS) is 15.7. The van der Waals surface area contributed by atoms with Crippen LogP contribution in [0.2, 0.25) is 0 Å². The first-order valence-corrected chi connectivity index (χ1v) is 9.69. The molecule has 2 aromatic rings. The number of rotatable bonds is 8. The van der Waals surface area contributed by atoms with Crippen LogP contribution in [0.4, 0.5) is 0 Å². The topological polar surface area (TPSA) is 37.4 Å². The van der Waals surface area contributed by atoms with Crippen LogP contribution in [0.5, 0.6) is 5.75 Å². The molecule has 138 valence electrons. The summed E-state index contributed by atoms with van der Waals surface area (Å²) < 4.78 is 5.78. The van der Waals surface area contributed by atoms with Crippen molar-refractivity contribution in [3.05, 3.63) is 46.4 Å². The maximum absolute atomic E-state index is 5.78. The van der Waals surface area contributed by atoms with E-state index in [1.165, 1.54) is 38.0 Å². The molecule has 1 fully saturated rings. The van der Waals surface area contributed by atoms with Crippen LogP contribution in [0.3, 0.4) is 0 Å². The molecule has 0 saturated carbocycles. The number of halogens is 1. The van der Waals surface area contributed by atoms with Gasteiger partial charge in [-0.2, -0.15) is 0 Å². The molecule has 1 aliphatic rings. The van der Waals surface area contributed by atoms with Gasteiger partial charge in [-0.3, -0.25) is 4.90 Å². The molecule has 1 aromatic carbocycles. The summed E-state index contributed by atoms with van der Waals surface area (Å²) in [6.07, 6.45) is 3.94. The Bertz CT molecular complexity index is 600. The molecule has 0 amide bonds. The molecule has 6 heteroatoms. The van der Waals surface area contributed by atoms with Crippen molar-refractivity contribution in [2.75, 3.05) is 26.7 Å². The standard InChI is InChI=1S/C19H27N3OS.ClH/c1-20-10-7-16-8-11-22(12-9-16)13-17-15-24-19(21-17)14-23-18-5-3-2-4-6-18;/h2-6,15-16,20H,7-14H2,1H3;1H. The molecule has 2 heterocycles. The first-order valence-electron chi connectivity index (χ1n) is 8.81. The average Bonchev–Trinajstić information content (AvgIpc) is 3.08. The van der Waals surface area contributed by atoms with Crippen LogP contribution < -0.4 is 10.1 Å². The fourth-order valence-electron chi connectivity index (χ4n) is 3.16. The number of hydrogen-bond acceptors (Lipinski definition) is 5. The van der Waals surface area contributed by atoms with Gasteiger partial charge in [0.25, 0.3) is 0 Å². The Hall–Kier alpha value is -1.14. The van der Waals surface area contributed by atoms with Gasteiger partial charge in [0.15, 0.2) is 0 Å². The van der Waals surface area contributed by atoms with Crippen molar-refractivity contribution < 1.29 is 4.74 Å². The maximum atomic E-state index is 5.78. The number of likely N-dealkylation sites (tertiary alicyclic amines) is 1. The molecule has 1 aromatic heterocycles. The van der Waals surface area contributed by atoms with Gasteiger partial charge in [-0.25, -0.2) is 4.98 Å². The second-order valence-corrected chi connectivity index (χ2v) is 7.39. The summed E-state index contributed by atoms with van der Waals surface area (Å²) in [7, 11) is 2.04. The van der Waals surface area contributed by atoms with E-state index in [1.807, 2.05) is 37.4 Å². The highest BCUT2D eigenvalue weighted by Gasteiger charge is 2.19. The van der Waals surface area contributed by atoms with Gasteiger partial charge in [-0.15, -0.1) is 23.7 Å². The highest BCUT2D eigenvalue weighted by molar-refractivity contribution is 7.09. The minimum atomic E-state index is 0. The van der Waals surface area contributed by atoms with E-state index < -0.39 is 0 Å². The minimum Gasteiger partial charge on any atom is -0.486 e. The van der Waals surface area contributed by atoms with Crippen molar-refractivity contribution >= 4 is 23.7 Å². The molecule has 4 nitrogen and oxygen atoms in total. The molecule has 1 saturated heterocycles. The van der Waals surface area contributed by atoms with E-state index in [0.717, 1.165) is 29.8 Å². The van der Waals surface area contributed by atoms with Crippen LogP contribution in [0.25, 0.3) is 0 Å². The van der Waals surface area contributed by atoms with E-state index in [9.17, 15) is 0 Å². The van der Waals surface area contributed by atoms with Crippen LogP contribution in [-0.2, 0) is 13.2 Å². The van der Waals surface area contributed by atoms with E-state index >= 15 is 0 Å². The van der Waals surface area contributed by atoms with Crippen LogP contribution in [0.1, 0.15) is 30.0 Å². The average molecular weight is 382 g/mol. The summed E-state index contributed by atoms with van der Waals surface area (Å²) in [5.41, 5.74) is 1.18. The van der Waals surface area contributed by atoms with E-state index in [4.69, 9.17) is 9.72 Å². The highest BCUT2D eigenvalue weighted by Crippen LogP contribution is 2.22. The van der Waals surface area contributed by atoms with Gasteiger partial charge in [-0.05, 0) is 64.0 Å². The first-order chi connectivity index (χ1) is 11.8. The Kier molecular flexibility index (Phi) is 8.68. The third-order valence-electron chi connectivity index (χ3n) is 4.60. The fourth-order valence-corrected chi connectivity index (χ4v) is 3.86. The van der Waals surface area contributed by atoms with E-state index in [2.05, 4.69) is 15.6 Å². The second kappa shape index (κ2) is 10.8. The highest BCUT2D eigenvalue weighted by atomic mass is 35.5. The lowest BCUT2D eigenvalue weighted by Crippen LogP contribution is -2.34. The number of piperidine rings is 1. The summed E-state index contributed by atoms with van der Waals surface area (Å²) in [6.45, 7) is 5.06. The molecule has 0 bridgehead atoms. The summed E-state index contributed by atoms with van der Waals surface area (Å²) in [6, 6.07) is 9.93. The Morgan fingerprint density at radius 3 is 2.72 bits per heavy atom. The predicted octanol–water partition coefficient (Wildman–Crippen LogP) is 3.97. The van der Waals surface area contributed by atoms with Crippen molar-refractivity contribution in [1.29, 1.82) is 0 Å². The Labute approximate surface area is 161 Å². The number of para-hydroxylation sites is 1. The van der Waals surface area contributed by atoms with E-state index in [0.29, 0.717) is 6.61 Å². The van der Waals surface area contributed by atoms with Crippen LogP contribution in [0, 0.1) is 5.92 Å². The molecule has 1 N–H and O–H groups in total. The Morgan fingerprint density at radius 2 is 2.00 bits per heavy atom. The lowest BCUT2D eigenvalue weighted by molar-refractivity contribution is 0.171. The molecule has 0 unspecified atom stereocenters. The smallest absolute Gasteiger partial charge is 0.140 e. The summed E-state index contributed by atoms with van der Waals surface area (Å²) in [4.78, 5) is 7.26. The molecule has 25 heavy (non-hydrogen) atoms. The van der Waals surface area contributed by atoms with E-state index in [1.54, 1.807) is 11.3 Å². The quantitative estimate of drug-likeness (QED) is 0.750. The fraction of sp³-hybridized carbons (Fsp3) is 0.526. The van der Waals surface area contributed by atoms with E-state index in [-0.39, 0.29) is 12.4 Å². The molecule has 0 atom stereocenters. The van der Waals surface area contributed by atoms with Gasteiger partial charge in [-0.1, -0.05) is 18.2 Å². The third-order valence-corrected chi connectivity index (χ3v) is 5.47. The molecule has 0 aliphatic carbocycles. The molecular weight excluding hydrogens is 354 g/mol. The van der Waals surface area contributed by atoms with Crippen molar-refractivity contribution in [2.24, 2.45) is 5.92 Å². The van der Waals surface area contributed by atoms with Crippen molar-refractivity contribution in [3.63, 3.8) is 0 Å². The summed E-state index contributed by atoms with van der Waals surface area (Å²) >= 11 is 1.70. The summed E-state index contributed by atoms with van der Waals surface area (Å²) in [5, 5.41) is 6.49. The first kappa shape index (κ1) is 20.2. The lowest BCUT2D eigenvalue weighted by Gasteiger charge is -2.31.